The van der Waals surface area contributed by atoms with Gasteiger partial charge in [0.25, 0.3) is 0 Å². The van der Waals surface area contributed by atoms with Crippen molar-refractivity contribution in [2.45, 2.75) is 36.5 Å². The Balaban J connectivity index is 3.02. The SMILES string of the molecule is CC(N)CC(C)S(=O)(=O)c1cccc(F)c1. The summed E-state index contributed by atoms with van der Waals surface area (Å²) >= 11 is 0. The molecule has 0 aliphatic carbocycles. The fourth-order valence-electron chi connectivity index (χ4n) is 1.53. The molecule has 2 N–H and O–H groups in total. The number of sulfone groups is 1. The summed E-state index contributed by atoms with van der Waals surface area (Å²) in [4.78, 5) is 0.0145. The highest BCUT2D eigenvalue weighted by atomic mass is 32.2. The van der Waals surface area contributed by atoms with Gasteiger partial charge in [-0.2, -0.15) is 0 Å². The minimum Gasteiger partial charge on any atom is -0.328 e. The number of halogens is 1. The zero-order valence-electron chi connectivity index (χ0n) is 9.35. The lowest BCUT2D eigenvalue weighted by Crippen LogP contribution is -2.27. The van der Waals surface area contributed by atoms with Gasteiger partial charge >= 0.3 is 0 Å². The number of hydrogen-bond donors (Lipinski definition) is 1. The van der Waals surface area contributed by atoms with Crippen LogP contribution in [0.3, 0.4) is 0 Å². The highest BCUT2D eigenvalue weighted by molar-refractivity contribution is 7.92. The number of nitrogens with two attached hydrogens (primary N) is 1. The predicted molar refractivity (Wildman–Crippen MR) is 61.3 cm³/mol. The summed E-state index contributed by atoms with van der Waals surface area (Å²) < 4.78 is 36.9. The highest BCUT2D eigenvalue weighted by Crippen LogP contribution is 2.19. The first-order chi connectivity index (χ1) is 7.34. The third-order valence-corrected chi connectivity index (χ3v) is 4.52. The third-order valence-electron chi connectivity index (χ3n) is 2.36. The summed E-state index contributed by atoms with van der Waals surface area (Å²) in [6.07, 6.45) is 0.360. The average Bonchev–Trinajstić information content (AvgIpc) is 2.16. The normalized spacial score (nSPS) is 15.8. The molecule has 0 heterocycles. The van der Waals surface area contributed by atoms with Crippen LogP contribution in [0.25, 0.3) is 0 Å². The lowest BCUT2D eigenvalue weighted by Gasteiger charge is -2.14. The van der Waals surface area contributed by atoms with E-state index in [0.29, 0.717) is 6.42 Å². The lowest BCUT2D eigenvalue weighted by molar-refractivity contribution is 0.560. The molecular formula is C11H16FNO2S. The molecular weight excluding hydrogens is 229 g/mol. The monoisotopic (exact) mass is 245 g/mol. The fourth-order valence-corrected chi connectivity index (χ4v) is 3.09. The Hall–Kier alpha value is -0.940. The van der Waals surface area contributed by atoms with Gasteiger partial charge in [0, 0.05) is 6.04 Å². The van der Waals surface area contributed by atoms with Crippen LogP contribution in [0, 0.1) is 5.82 Å². The molecule has 0 saturated carbocycles. The topological polar surface area (TPSA) is 60.2 Å². The van der Waals surface area contributed by atoms with E-state index in [-0.39, 0.29) is 10.9 Å². The van der Waals surface area contributed by atoms with E-state index in [1.54, 1.807) is 13.8 Å². The first-order valence-electron chi connectivity index (χ1n) is 5.09. The van der Waals surface area contributed by atoms with Crippen molar-refractivity contribution >= 4 is 9.84 Å². The van der Waals surface area contributed by atoms with Crippen LogP contribution in [0.4, 0.5) is 4.39 Å². The molecule has 0 bridgehead atoms. The van der Waals surface area contributed by atoms with Crippen LogP contribution >= 0.6 is 0 Å². The van der Waals surface area contributed by atoms with Crippen molar-refractivity contribution in [3.63, 3.8) is 0 Å². The van der Waals surface area contributed by atoms with Crippen LogP contribution < -0.4 is 5.73 Å². The zero-order valence-corrected chi connectivity index (χ0v) is 10.2. The summed E-state index contributed by atoms with van der Waals surface area (Å²) in [6, 6.07) is 4.84. The molecule has 0 radical (unpaired) electrons. The first-order valence-corrected chi connectivity index (χ1v) is 6.63. The summed E-state index contributed by atoms with van der Waals surface area (Å²) in [7, 11) is -3.48. The van der Waals surface area contributed by atoms with Gasteiger partial charge in [-0.05, 0) is 38.5 Å². The average molecular weight is 245 g/mol. The Morgan fingerprint density at radius 3 is 2.50 bits per heavy atom. The largest absolute Gasteiger partial charge is 0.328 e. The maximum atomic E-state index is 12.9. The number of rotatable bonds is 4. The van der Waals surface area contributed by atoms with E-state index >= 15 is 0 Å². The van der Waals surface area contributed by atoms with Crippen molar-refractivity contribution in [2.75, 3.05) is 0 Å². The quantitative estimate of drug-likeness (QED) is 0.878. The molecule has 1 rings (SSSR count). The first kappa shape index (κ1) is 13.1. The molecule has 2 unspecified atom stereocenters. The third kappa shape index (κ3) is 3.02. The molecule has 0 aliphatic rings. The maximum Gasteiger partial charge on any atom is 0.181 e. The maximum absolute atomic E-state index is 12.9. The Bertz CT molecular complexity index is 457. The smallest absolute Gasteiger partial charge is 0.181 e. The summed E-state index contributed by atoms with van der Waals surface area (Å²) in [5.41, 5.74) is 5.56. The van der Waals surface area contributed by atoms with E-state index in [1.165, 1.54) is 18.2 Å². The standard InChI is InChI=1S/C11H16FNO2S/c1-8(13)6-9(2)16(14,15)11-5-3-4-10(12)7-11/h3-5,7-9H,6,13H2,1-2H3. The van der Waals surface area contributed by atoms with E-state index in [4.69, 9.17) is 5.73 Å². The van der Waals surface area contributed by atoms with Crippen LogP contribution in [-0.2, 0) is 9.84 Å². The van der Waals surface area contributed by atoms with Crippen LogP contribution in [0.5, 0.6) is 0 Å². The molecule has 0 fully saturated rings. The molecule has 90 valence electrons. The highest BCUT2D eigenvalue weighted by Gasteiger charge is 2.24. The second-order valence-electron chi connectivity index (χ2n) is 4.03. The molecule has 16 heavy (non-hydrogen) atoms. The van der Waals surface area contributed by atoms with Crippen molar-refractivity contribution in [2.24, 2.45) is 5.73 Å². The Kier molecular flexibility index (Phi) is 4.04. The van der Waals surface area contributed by atoms with E-state index in [9.17, 15) is 12.8 Å². The van der Waals surface area contributed by atoms with E-state index in [2.05, 4.69) is 0 Å². The molecule has 2 atom stereocenters. The second-order valence-corrected chi connectivity index (χ2v) is 6.39. The van der Waals surface area contributed by atoms with E-state index < -0.39 is 20.9 Å². The Labute approximate surface area is 95.4 Å². The van der Waals surface area contributed by atoms with Gasteiger partial charge in [0.2, 0.25) is 0 Å². The molecule has 3 nitrogen and oxygen atoms in total. The minimum atomic E-state index is -3.48. The van der Waals surface area contributed by atoms with Gasteiger partial charge in [-0.25, -0.2) is 12.8 Å². The van der Waals surface area contributed by atoms with Gasteiger partial charge in [-0.1, -0.05) is 6.07 Å². The van der Waals surface area contributed by atoms with Crippen molar-refractivity contribution in [3.05, 3.63) is 30.1 Å². The minimum absolute atomic E-state index is 0.0145. The van der Waals surface area contributed by atoms with Crippen molar-refractivity contribution < 1.29 is 12.8 Å². The van der Waals surface area contributed by atoms with Gasteiger partial charge in [-0.3, -0.25) is 0 Å². The lowest BCUT2D eigenvalue weighted by atomic mass is 10.2. The molecule has 1 aromatic carbocycles. The predicted octanol–water partition coefficient (Wildman–Crippen LogP) is 1.73. The van der Waals surface area contributed by atoms with Gasteiger partial charge in [0.15, 0.2) is 9.84 Å². The molecule has 0 saturated heterocycles. The van der Waals surface area contributed by atoms with Crippen LogP contribution in [-0.4, -0.2) is 19.7 Å². The van der Waals surface area contributed by atoms with E-state index in [0.717, 1.165) is 6.07 Å². The summed E-state index contributed by atoms with van der Waals surface area (Å²) in [6.45, 7) is 3.33. The van der Waals surface area contributed by atoms with Gasteiger partial charge in [0.1, 0.15) is 5.82 Å². The fraction of sp³-hybridized carbons (Fsp3) is 0.455. The van der Waals surface area contributed by atoms with Crippen molar-refractivity contribution in [3.8, 4) is 0 Å². The molecule has 0 aliphatic heterocycles. The van der Waals surface area contributed by atoms with Crippen LogP contribution in [0.1, 0.15) is 20.3 Å². The summed E-state index contributed by atoms with van der Waals surface area (Å²) in [5, 5.41) is -0.603. The van der Waals surface area contributed by atoms with Crippen molar-refractivity contribution in [1.29, 1.82) is 0 Å². The number of hydrogen-bond acceptors (Lipinski definition) is 3. The Morgan fingerprint density at radius 1 is 1.38 bits per heavy atom. The van der Waals surface area contributed by atoms with Crippen molar-refractivity contribution in [1.82, 2.24) is 0 Å². The van der Waals surface area contributed by atoms with Gasteiger partial charge < -0.3 is 5.73 Å². The second kappa shape index (κ2) is 4.93. The number of benzene rings is 1. The molecule has 5 heteroatoms. The van der Waals surface area contributed by atoms with Gasteiger partial charge in [-0.15, -0.1) is 0 Å². The molecule has 1 aromatic rings. The van der Waals surface area contributed by atoms with E-state index in [1.807, 2.05) is 0 Å². The Morgan fingerprint density at radius 2 is 2.00 bits per heavy atom. The molecule has 0 aromatic heterocycles. The van der Waals surface area contributed by atoms with Crippen LogP contribution in [0.15, 0.2) is 29.2 Å². The molecule has 0 spiro atoms. The zero-order chi connectivity index (χ0) is 12.3. The molecule has 0 amide bonds. The summed E-state index contributed by atoms with van der Waals surface area (Å²) in [5.74, 6) is -0.547. The van der Waals surface area contributed by atoms with Crippen LogP contribution in [0.2, 0.25) is 0 Å². The van der Waals surface area contributed by atoms with Gasteiger partial charge in [0.05, 0.1) is 10.1 Å².